The van der Waals surface area contributed by atoms with Gasteiger partial charge in [0.25, 0.3) is 0 Å². The fourth-order valence-electron chi connectivity index (χ4n) is 2.48. The number of carboxylic acids is 1. The number of carbonyl (C=O) groups is 1. The summed E-state index contributed by atoms with van der Waals surface area (Å²) in [5, 5.41) is 9.97. The third-order valence-electron chi connectivity index (χ3n) is 3.54. The second-order valence-electron chi connectivity index (χ2n) is 5.13. The number of benzene rings is 2. The Labute approximate surface area is 121 Å². The summed E-state index contributed by atoms with van der Waals surface area (Å²) in [6, 6.07) is 12.4. The molecular weight excluding hydrogens is 269 g/mol. The van der Waals surface area contributed by atoms with Crippen molar-refractivity contribution in [2.45, 2.75) is 13.5 Å². The van der Waals surface area contributed by atoms with Gasteiger partial charge in [-0.25, -0.2) is 9.18 Å². The number of aryl methyl sites for hydroxylation is 1. The first-order valence-corrected chi connectivity index (χ1v) is 6.62. The summed E-state index contributed by atoms with van der Waals surface area (Å²) in [4.78, 5) is 10.8. The molecule has 0 aliphatic heterocycles. The minimum absolute atomic E-state index is 0.299. The third-order valence-corrected chi connectivity index (χ3v) is 3.54. The summed E-state index contributed by atoms with van der Waals surface area (Å²) in [6.45, 7) is 2.54. The van der Waals surface area contributed by atoms with Crippen LogP contribution in [-0.2, 0) is 6.54 Å². The molecule has 0 aliphatic carbocycles. The van der Waals surface area contributed by atoms with Crippen LogP contribution in [0.25, 0.3) is 10.9 Å². The predicted molar refractivity (Wildman–Crippen MR) is 79.1 cm³/mol. The monoisotopic (exact) mass is 283 g/mol. The van der Waals surface area contributed by atoms with E-state index in [1.54, 1.807) is 6.07 Å². The maximum Gasteiger partial charge on any atom is 0.338 e. The first-order chi connectivity index (χ1) is 10.0. The largest absolute Gasteiger partial charge is 0.478 e. The van der Waals surface area contributed by atoms with Gasteiger partial charge in [-0.2, -0.15) is 0 Å². The van der Waals surface area contributed by atoms with Crippen LogP contribution in [0.4, 0.5) is 4.39 Å². The Morgan fingerprint density at radius 1 is 1.19 bits per heavy atom. The van der Waals surface area contributed by atoms with Crippen molar-refractivity contribution >= 4 is 16.9 Å². The zero-order valence-corrected chi connectivity index (χ0v) is 11.5. The van der Waals surface area contributed by atoms with Gasteiger partial charge in [0, 0.05) is 18.3 Å². The first kappa shape index (κ1) is 13.4. The van der Waals surface area contributed by atoms with Crippen LogP contribution >= 0.6 is 0 Å². The van der Waals surface area contributed by atoms with E-state index >= 15 is 0 Å². The summed E-state index contributed by atoms with van der Waals surface area (Å²) < 4.78 is 15.7. The highest BCUT2D eigenvalue weighted by Crippen LogP contribution is 2.19. The molecule has 106 valence electrons. The molecular formula is C17H14FNO2. The molecule has 0 spiro atoms. The lowest BCUT2D eigenvalue weighted by Crippen LogP contribution is -2.03. The van der Waals surface area contributed by atoms with Crippen molar-refractivity contribution < 1.29 is 14.3 Å². The van der Waals surface area contributed by atoms with E-state index < -0.39 is 11.8 Å². The first-order valence-electron chi connectivity index (χ1n) is 6.62. The number of halogens is 1. The van der Waals surface area contributed by atoms with E-state index in [2.05, 4.69) is 6.07 Å². The van der Waals surface area contributed by atoms with Crippen molar-refractivity contribution in [3.05, 3.63) is 71.2 Å². The van der Waals surface area contributed by atoms with Gasteiger partial charge < -0.3 is 9.67 Å². The maximum absolute atomic E-state index is 13.7. The average Bonchev–Trinajstić information content (AvgIpc) is 2.80. The molecule has 0 radical (unpaired) electrons. The van der Waals surface area contributed by atoms with Crippen molar-refractivity contribution in [3.63, 3.8) is 0 Å². The van der Waals surface area contributed by atoms with Gasteiger partial charge in [-0.15, -0.1) is 0 Å². The number of aromatic nitrogens is 1. The number of hydrogen-bond acceptors (Lipinski definition) is 1. The highest BCUT2D eigenvalue weighted by Gasteiger charge is 2.11. The summed E-state index contributed by atoms with van der Waals surface area (Å²) in [5.41, 5.74) is 2.70. The molecule has 0 saturated heterocycles. The van der Waals surface area contributed by atoms with Gasteiger partial charge in [-0.05, 0) is 48.2 Å². The van der Waals surface area contributed by atoms with Gasteiger partial charge in [-0.1, -0.05) is 17.7 Å². The Balaban J connectivity index is 1.95. The predicted octanol–water partition coefficient (Wildman–Crippen LogP) is 3.84. The van der Waals surface area contributed by atoms with Crippen LogP contribution in [0.3, 0.4) is 0 Å². The maximum atomic E-state index is 13.7. The molecule has 21 heavy (non-hydrogen) atoms. The van der Waals surface area contributed by atoms with E-state index in [9.17, 15) is 9.18 Å². The second-order valence-corrected chi connectivity index (χ2v) is 5.13. The van der Waals surface area contributed by atoms with E-state index in [0.717, 1.165) is 16.5 Å². The molecule has 3 aromatic rings. The van der Waals surface area contributed by atoms with Crippen LogP contribution in [0.1, 0.15) is 21.5 Å². The van der Waals surface area contributed by atoms with Crippen LogP contribution in [0.5, 0.6) is 0 Å². The highest BCUT2D eigenvalue weighted by atomic mass is 19.1. The lowest BCUT2D eigenvalue weighted by Gasteiger charge is -2.07. The van der Waals surface area contributed by atoms with E-state index in [4.69, 9.17) is 5.11 Å². The highest BCUT2D eigenvalue weighted by molar-refractivity contribution is 5.88. The Kier molecular flexibility index (Phi) is 3.22. The Morgan fingerprint density at radius 3 is 2.71 bits per heavy atom. The molecule has 2 aromatic carbocycles. The molecule has 0 aliphatic rings. The number of carboxylic acid groups (broad SMARTS) is 1. The fourth-order valence-corrected chi connectivity index (χ4v) is 2.48. The third kappa shape index (κ3) is 2.52. The Bertz CT molecular complexity index is 836. The second kappa shape index (κ2) is 5.05. The molecule has 0 bridgehead atoms. The Hall–Kier alpha value is -2.62. The fraction of sp³-hybridized carbons (Fsp3) is 0.118. The minimum atomic E-state index is -1.25. The van der Waals surface area contributed by atoms with Crippen molar-refractivity contribution in [2.24, 2.45) is 0 Å². The van der Waals surface area contributed by atoms with E-state index in [0.29, 0.717) is 6.54 Å². The number of nitrogens with zero attached hydrogens (tertiary/aromatic N) is 1. The van der Waals surface area contributed by atoms with Gasteiger partial charge in [0.15, 0.2) is 0 Å². The molecule has 1 aromatic heterocycles. The molecule has 3 nitrogen and oxygen atoms in total. The van der Waals surface area contributed by atoms with Gasteiger partial charge in [-0.3, -0.25) is 0 Å². The number of hydrogen-bond donors (Lipinski definition) is 1. The Morgan fingerprint density at radius 2 is 2.00 bits per heavy atom. The smallest absolute Gasteiger partial charge is 0.338 e. The molecule has 1 heterocycles. The molecule has 4 heteroatoms. The van der Waals surface area contributed by atoms with Crippen molar-refractivity contribution in [2.75, 3.05) is 0 Å². The van der Waals surface area contributed by atoms with Crippen molar-refractivity contribution in [1.82, 2.24) is 4.57 Å². The average molecular weight is 283 g/mol. The summed E-state index contributed by atoms with van der Waals surface area (Å²) in [6.07, 6.45) is 1.95. The van der Waals surface area contributed by atoms with E-state index in [1.807, 2.05) is 35.9 Å². The lowest BCUT2D eigenvalue weighted by atomic mass is 10.1. The molecule has 0 atom stereocenters. The molecule has 0 amide bonds. The van der Waals surface area contributed by atoms with Crippen LogP contribution < -0.4 is 0 Å². The van der Waals surface area contributed by atoms with Gasteiger partial charge in [0.05, 0.1) is 5.56 Å². The zero-order valence-electron chi connectivity index (χ0n) is 11.5. The van der Waals surface area contributed by atoms with Crippen LogP contribution in [0, 0.1) is 12.7 Å². The van der Waals surface area contributed by atoms with Crippen LogP contribution in [0.15, 0.2) is 48.7 Å². The summed E-state index contributed by atoms with van der Waals surface area (Å²) in [5.74, 6) is -1.95. The standard InChI is InChI=1S/C17H14FNO2/c1-11-2-5-16-13(8-11)6-7-19(16)10-12-3-4-14(17(20)21)15(18)9-12/h2-9H,10H2,1H3,(H,20,21). The number of aromatic carboxylic acids is 1. The summed E-state index contributed by atoms with van der Waals surface area (Å²) in [7, 11) is 0. The quantitative estimate of drug-likeness (QED) is 0.793. The molecule has 3 rings (SSSR count). The van der Waals surface area contributed by atoms with Gasteiger partial charge in [0.2, 0.25) is 0 Å². The molecule has 0 saturated carbocycles. The lowest BCUT2D eigenvalue weighted by molar-refractivity contribution is 0.0692. The number of rotatable bonds is 3. The zero-order chi connectivity index (χ0) is 15.0. The van der Waals surface area contributed by atoms with E-state index in [-0.39, 0.29) is 5.56 Å². The topological polar surface area (TPSA) is 42.2 Å². The SMILES string of the molecule is Cc1ccc2c(ccn2Cc2ccc(C(=O)O)c(F)c2)c1. The van der Waals surface area contributed by atoms with Gasteiger partial charge in [0.1, 0.15) is 5.82 Å². The van der Waals surface area contributed by atoms with Crippen LogP contribution in [0.2, 0.25) is 0 Å². The number of fused-ring (bicyclic) bond motifs is 1. The molecule has 1 N–H and O–H groups in total. The van der Waals surface area contributed by atoms with Crippen LogP contribution in [-0.4, -0.2) is 15.6 Å². The normalized spacial score (nSPS) is 11.0. The molecule has 0 unspecified atom stereocenters. The minimum Gasteiger partial charge on any atom is -0.478 e. The van der Waals surface area contributed by atoms with Crippen molar-refractivity contribution in [1.29, 1.82) is 0 Å². The van der Waals surface area contributed by atoms with Crippen molar-refractivity contribution in [3.8, 4) is 0 Å². The van der Waals surface area contributed by atoms with Gasteiger partial charge >= 0.3 is 5.97 Å². The summed E-state index contributed by atoms with van der Waals surface area (Å²) >= 11 is 0. The molecule has 0 fully saturated rings. The van der Waals surface area contributed by atoms with E-state index in [1.165, 1.54) is 17.7 Å².